The molecule has 0 saturated heterocycles. The van der Waals surface area contributed by atoms with Crippen LogP contribution in [0.4, 0.5) is 10.1 Å². The van der Waals surface area contributed by atoms with Crippen molar-refractivity contribution in [1.82, 2.24) is 0 Å². The Kier molecular flexibility index (Phi) is 3.55. The molecule has 1 fully saturated rings. The van der Waals surface area contributed by atoms with Crippen LogP contribution in [-0.4, -0.2) is 18.1 Å². The average molecular weight is 251 g/mol. The predicted molar refractivity (Wildman–Crippen MR) is 68.0 cm³/mol. The molecule has 1 aliphatic carbocycles. The molecule has 1 aliphatic rings. The zero-order chi connectivity index (χ0) is 13.2. The minimum absolute atomic E-state index is 0.238. The van der Waals surface area contributed by atoms with E-state index in [2.05, 4.69) is 5.32 Å². The number of benzene rings is 1. The second kappa shape index (κ2) is 4.96. The van der Waals surface area contributed by atoms with E-state index in [0.717, 1.165) is 24.8 Å². The van der Waals surface area contributed by atoms with E-state index in [9.17, 15) is 9.18 Å². The quantitative estimate of drug-likeness (QED) is 0.836. The lowest BCUT2D eigenvalue weighted by Crippen LogP contribution is -2.53. The Morgan fingerprint density at radius 1 is 1.44 bits per heavy atom. The molecule has 18 heavy (non-hydrogen) atoms. The van der Waals surface area contributed by atoms with E-state index in [-0.39, 0.29) is 11.8 Å². The lowest BCUT2D eigenvalue weighted by Gasteiger charge is -2.40. The van der Waals surface area contributed by atoms with Gasteiger partial charge in [0.15, 0.2) is 0 Å². The van der Waals surface area contributed by atoms with Gasteiger partial charge in [0, 0.05) is 5.69 Å². The van der Waals surface area contributed by atoms with E-state index >= 15 is 0 Å². The number of hydrogen-bond acceptors (Lipinski definition) is 3. The summed E-state index contributed by atoms with van der Waals surface area (Å²) in [6.07, 6.45) is 2.46. The summed E-state index contributed by atoms with van der Waals surface area (Å²) in [7, 11) is 0. The second-order valence-corrected chi connectivity index (χ2v) is 4.80. The number of ether oxygens (including phenoxy) is 1. The van der Waals surface area contributed by atoms with Gasteiger partial charge in [-0.25, -0.2) is 9.18 Å². The summed E-state index contributed by atoms with van der Waals surface area (Å²) in [5.74, 6) is -0.533. The largest absolute Gasteiger partial charge is 0.464 e. The van der Waals surface area contributed by atoms with Crippen LogP contribution in [0.15, 0.2) is 18.2 Å². The van der Waals surface area contributed by atoms with Gasteiger partial charge in [0.1, 0.15) is 11.4 Å². The second-order valence-electron chi connectivity index (χ2n) is 4.80. The number of esters is 1. The first-order valence-corrected chi connectivity index (χ1v) is 6.28. The van der Waals surface area contributed by atoms with Crippen molar-refractivity contribution in [2.45, 2.75) is 38.6 Å². The molecule has 2 rings (SSSR count). The standard InChI is InChI=1S/C14H18FNO2/c1-3-18-13(17)14(5-4-6-14)16-12-8-10(2)7-11(15)9-12/h7-9,16H,3-6H2,1-2H3. The Balaban J connectivity index is 2.17. The van der Waals surface area contributed by atoms with Crippen LogP contribution in [0.2, 0.25) is 0 Å². The van der Waals surface area contributed by atoms with Gasteiger partial charge in [-0.15, -0.1) is 0 Å². The number of halogens is 1. The van der Waals surface area contributed by atoms with Gasteiger partial charge in [0.05, 0.1) is 6.61 Å². The fourth-order valence-corrected chi connectivity index (χ4v) is 2.26. The van der Waals surface area contributed by atoms with Gasteiger partial charge >= 0.3 is 5.97 Å². The predicted octanol–water partition coefficient (Wildman–Crippen LogP) is 3.03. The Labute approximate surface area is 106 Å². The highest BCUT2D eigenvalue weighted by Crippen LogP contribution is 2.36. The Hall–Kier alpha value is -1.58. The highest BCUT2D eigenvalue weighted by atomic mass is 19.1. The van der Waals surface area contributed by atoms with E-state index in [1.807, 2.05) is 13.0 Å². The van der Waals surface area contributed by atoms with Crippen LogP contribution in [0.25, 0.3) is 0 Å². The summed E-state index contributed by atoms with van der Waals surface area (Å²) in [6.45, 7) is 3.98. The van der Waals surface area contributed by atoms with Crippen molar-refractivity contribution < 1.29 is 13.9 Å². The van der Waals surface area contributed by atoms with Crippen molar-refractivity contribution in [3.8, 4) is 0 Å². The lowest BCUT2D eigenvalue weighted by molar-refractivity contribution is -0.151. The normalized spacial score (nSPS) is 16.8. The molecule has 1 saturated carbocycles. The highest BCUT2D eigenvalue weighted by molar-refractivity contribution is 5.85. The summed E-state index contributed by atoms with van der Waals surface area (Å²) in [6, 6.07) is 4.71. The molecule has 0 aliphatic heterocycles. The Morgan fingerprint density at radius 3 is 2.67 bits per heavy atom. The molecule has 0 heterocycles. The molecule has 0 aromatic heterocycles. The van der Waals surface area contributed by atoms with Crippen LogP contribution in [0.5, 0.6) is 0 Å². The number of hydrogen-bond donors (Lipinski definition) is 1. The van der Waals surface area contributed by atoms with E-state index in [1.54, 1.807) is 6.92 Å². The van der Waals surface area contributed by atoms with Crippen LogP contribution < -0.4 is 5.32 Å². The Morgan fingerprint density at radius 2 is 2.17 bits per heavy atom. The van der Waals surface area contributed by atoms with Crippen molar-refractivity contribution in [3.05, 3.63) is 29.6 Å². The van der Waals surface area contributed by atoms with Gasteiger partial charge in [-0.1, -0.05) is 0 Å². The fourth-order valence-electron chi connectivity index (χ4n) is 2.26. The summed E-state index contributed by atoms with van der Waals surface area (Å²) in [5, 5.41) is 3.14. The molecule has 4 heteroatoms. The first kappa shape index (κ1) is 12.9. The molecule has 1 N–H and O–H groups in total. The molecular formula is C14H18FNO2. The molecule has 0 unspecified atom stereocenters. The number of rotatable bonds is 4. The van der Waals surface area contributed by atoms with E-state index in [0.29, 0.717) is 12.3 Å². The molecule has 0 amide bonds. The average Bonchev–Trinajstić information content (AvgIpc) is 2.22. The highest BCUT2D eigenvalue weighted by Gasteiger charge is 2.45. The van der Waals surface area contributed by atoms with Crippen LogP contribution in [0.3, 0.4) is 0 Å². The summed E-state index contributed by atoms with van der Waals surface area (Å²) in [5.41, 5.74) is 0.812. The van der Waals surface area contributed by atoms with E-state index in [1.165, 1.54) is 12.1 Å². The monoisotopic (exact) mass is 251 g/mol. The maximum Gasteiger partial charge on any atom is 0.331 e. The lowest BCUT2D eigenvalue weighted by atomic mass is 9.76. The maximum atomic E-state index is 13.3. The first-order chi connectivity index (χ1) is 8.55. The van der Waals surface area contributed by atoms with Crippen LogP contribution in [-0.2, 0) is 9.53 Å². The molecular weight excluding hydrogens is 233 g/mol. The number of carbonyl (C=O) groups is 1. The van der Waals surface area contributed by atoms with Crippen molar-refractivity contribution in [2.75, 3.05) is 11.9 Å². The molecule has 0 atom stereocenters. The summed E-state index contributed by atoms with van der Waals surface area (Å²) in [4.78, 5) is 11.9. The number of anilines is 1. The SMILES string of the molecule is CCOC(=O)C1(Nc2cc(C)cc(F)c2)CCC1. The molecule has 0 spiro atoms. The van der Waals surface area contributed by atoms with E-state index in [4.69, 9.17) is 4.74 Å². The third-order valence-electron chi connectivity index (χ3n) is 3.30. The molecule has 98 valence electrons. The van der Waals surface area contributed by atoms with E-state index < -0.39 is 5.54 Å². The third kappa shape index (κ3) is 2.47. The van der Waals surface area contributed by atoms with Gasteiger partial charge in [0.25, 0.3) is 0 Å². The van der Waals surface area contributed by atoms with Gasteiger partial charge < -0.3 is 10.1 Å². The zero-order valence-electron chi connectivity index (χ0n) is 10.8. The minimum Gasteiger partial charge on any atom is -0.464 e. The molecule has 0 radical (unpaired) electrons. The van der Waals surface area contributed by atoms with Gasteiger partial charge in [0.2, 0.25) is 0 Å². The number of aryl methyl sites for hydroxylation is 1. The van der Waals surface area contributed by atoms with Crippen molar-refractivity contribution in [2.24, 2.45) is 0 Å². The number of carbonyl (C=O) groups excluding carboxylic acids is 1. The van der Waals surface area contributed by atoms with Gasteiger partial charge in [-0.3, -0.25) is 0 Å². The van der Waals surface area contributed by atoms with Crippen molar-refractivity contribution in [3.63, 3.8) is 0 Å². The van der Waals surface area contributed by atoms with Crippen LogP contribution in [0, 0.1) is 12.7 Å². The van der Waals surface area contributed by atoms with Gasteiger partial charge in [-0.05, 0) is 56.9 Å². The van der Waals surface area contributed by atoms with Gasteiger partial charge in [-0.2, -0.15) is 0 Å². The molecule has 0 bridgehead atoms. The zero-order valence-corrected chi connectivity index (χ0v) is 10.8. The van der Waals surface area contributed by atoms with Crippen molar-refractivity contribution in [1.29, 1.82) is 0 Å². The Bertz CT molecular complexity index is 435. The fraction of sp³-hybridized carbons (Fsp3) is 0.500. The summed E-state index contributed by atoms with van der Waals surface area (Å²) < 4.78 is 18.4. The van der Waals surface area contributed by atoms with Crippen LogP contribution >= 0.6 is 0 Å². The molecule has 1 aromatic rings. The topological polar surface area (TPSA) is 38.3 Å². The van der Waals surface area contributed by atoms with Crippen molar-refractivity contribution >= 4 is 11.7 Å². The van der Waals surface area contributed by atoms with Crippen LogP contribution in [0.1, 0.15) is 31.7 Å². The minimum atomic E-state index is -0.657. The molecule has 1 aromatic carbocycles. The summed E-state index contributed by atoms with van der Waals surface area (Å²) >= 11 is 0. The third-order valence-corrected chi connectivity index (χ3v) is 3.30. The smallest absolute Gasteiger partial charge is 0.331 e. The first-order valence-electron chi connectivity index (χ1n) is 6.28. The number of nitrogens with one attached hydrogen (secondary N) is 1. The maximum absolute atomic E-state index is 13.3. The molecule has 3 nitrogen and oxygen atoms in total.